The number of hydrogen-bond donors (Lipinski definition) is 1. The predicted molar refractivity (Wildman–Crippen MR) is 100 cm³/mol. The van der Waals surface area contributed by atoms with Gasteiger partial charge >= 0.3 is 0 Å². The van der Waals surface area contributed by atoms with Crippen LogP contribution in [0.2, 0.25) is 0 Å². The molecule has 2 aromatic carbocycles. The Labute approximate surface area is 140 Å². The Morgan fingerprint density at radius 1 is 1.04 bits per heavy atom. The van der Waals surface area contributed by atoms with E-state index < -0.39 is 0 Å². The van der Waals surface area contributed by atoms with Crippen molar-refractivity contribution in [2.24, 2.45) is 4.99 Å². The molecule has 0 fully saturated rings. The number of aryl methyl sites for hydroxylation is 2. The van der Waals surface area contributed by atoms with E-state index in [1.807, 2.05) is 6.92 Å². The number of nitrogens with zero attached hydrogens (tertiary/aromatic N) is 1. The van der Waals surface area contributed by atoms with Gasteiger partial charge in [0, 0.05) is 18.8 Å². The lowest BCUT2D eigenvalue weighted by Crippen LogP contribution is -2.16. The smallest absolute Gasteiger partial charge is 0.0502 e. The van der Waals surface area contributed by atoms with E-state index in [2.05, 4.69) is 80.7 Å². The Balaban J connectivity index is 1.95. The fourth-order valence-electron chi connectivity index (χ4n) is 2.40. The molecule has 0 aliphatic rings. The molecule has 1 N–H and O–H groups in total. The molecule has 0 radical (unpaired) electrons. The first-order valence-corrected chi connectivity index (χ1v) is 8.12. The minimum absolute atomic E-state index is 0.771. The van der Waals surface area contributed by atoms with Crippen molar-refractivity contribution in [1.82, 2.24) is 5.32 Å². The monoisotopic (exact) mass is 306 g/mol. The summed E-state index contributed by atoms with van der Waals surface area (Å²) >= 11 is 0. The number of aliphatic imine (C=N–C) groups is 1. The van der Waals surface area contributed by atoms with Crippen molar-refractivity contribution < 1.29 is 0 Å². The summed E-state index contributed by atoms with van der Waals surface area (Å²) in [6.07, 6.45) is 2.07. The molecule has 0 bridgehead atoms. The average Bonchev–Trinajstić information content (AvgIpc) is 2.55. The molecule has 0 aliphatic heterocycles. The second kappa shape index (κ2) is 8.44. The Morgan fingerprint density at radius 3 is 2.43 bits per heavy atom. The zero-order chi connectivity index (χ0) is 16.7. The van der Waals surface area contributed by atoms with Gasteiger partial charge in [0.25, 0.3) is 0 Å². The van der Waals surface area contributed by atoms with Crippen LogP contribution in [0, 0.1) is 13.8 Å². The molecular weight excluding hydrogens is 280 g/mol. The van der Waals surface area contributed by atoms with Crippen molar-refractivity contribution >= 4 is 5.71 Å². The normalized spacial score (nSPS) is 12.5. The van der Waals surface area contributed by atoms with Gasteiger partial charge < -0.3 is 5.32 Å². The number of rotatable bonds is 6. The summed E-state index contributed by atoms with van der Waals surface area (Å²) in [6.45, 7) is 9.95. The first kappa shape index (κ1) is 17.2. The molecule has 0 spiro atoms. The molecule has 0 atom stereocenters. The molecule has 0 saturated heterocycles. The van der Waals surface area contributed by atoms with E-state index in [1.54, 1.807) is 0 Å². The fraction of sp³-hybridized carbons (Fsp3) is 0.286. The largest absolute Gasteiger partial charge is 0.307 e. The summed E-state index contributed by atoms with van der Waals surface area (Å²) in [7, 11) is 0. The summed E-state index contributed by atoms with van der Waals surface area (Å²) in [5.41, 5.74) is 7.15. The quantitative estimate of drug-likeness (QED) is 0.761. The molecule has 2 heteroatoms. The second-order valence-electron chi connectivity index (χ2n) is 5.94. The van der Waals surface area contributed by atoms with Crippen molar-refractivity contribution in [1.29, 1.82) is 0 Å². The molecule has 0 saturated carbocycles. The van der Waals surface area contributed by atoms with Crippen molar-refractivity contribution in [2.75, 3.05) is 6.54 Å². The molecule has 0 unspecified atom stereocenters. The van der Waals surface area contributed by atoms with Crippen LogP contribution in [0.15, 0.2) is 65.3 Å². The van der Waals surface area contributed by atoms with Crippen molar-refractivity contribution in [2.45, 2.75) is 34.2 Å². The number of allylic oxidation sites excluding steroid dienone is 1. The summed E-state index contributed by atoms with van der Waals surface area (Å²) in [5.74, 6) is 0. The van der Waals surface area contributed by atoms with Crippen LogP contribution in [0.3, 0.4) is 0 Å². The Kier molecular flexibility index (Phi) is 6.30. The minimum atomic E-state index is 0.771. The third kappa shape index (κ3) is 5.50. The number of nitrogens with one attached hydrogen (secondary N) is 1. The van der Waals surface area contributed by atoms with E-state index in [9.17, 15) is 0 Å². The maximum absolute atomic E-state index is 4.77. The van der Waals surface area contributed by atoms with E-state index in [0.29, 0.717) is 0 Å². The first-order valence-electron chi connectivity index (χ1n) is 8.12. The maximum Gasteiger partial charge on any atom is 0.0502 e. The van der Waals surface area contributed by atoms with Gasteiger partial charge in [0.15, 0.2) is 0 Å². The third-order valence-electron chi connectivity index (χ3n) is 3.84. The molecule has 2 nitrogen and oxygen atoms in total. The van der Waals surface area contributed by atoms with Gasteiger partial charge in [-0.2, -0.15) is 0 Å². The second-order valence-corrected chi connectivity index (χ2v) is 5.94. The van der Waals surface area contributed by atoms with Crippen LogP contribution in [0.5, 0.6) is 0 Å². The van der Waals surface area contributed by atoms with Crippen LogP contribution in [-0.4, -0.2) is 12.3 Å². The molecule has 2 rings (SSSR count). The van der Waals surface area contributed by atoms with Gasteiger partial charge in [-0.15, -0.1) is 0 Å². The van der Waals surface area contributed by atoms with Crippen LogP contribution in [0.1, 0.15) is 36.1 Å². The molecule has 0 amide bonds. The minimum Gasteiger partial charge on any atom is -0.307 e. The molecule has 0 aliphatic carbocycles. The summed E-state index contributed by atoms with van der Waals surface area (Å²) in [6, 6.07) is 17.1. The average molecular weight is 306 g/mol. The van der Waals surface area contributed by atoms with E-state index in [4.69, 9.17) is 4.99 Å². The van der Waals surface area contributed by atoms with E-state index >= 15 is 0 Å². The zero-order valence-corrected chi connectivity index (χ0v) is 14.6. The Morgan fingerprint density at radius 2 is 1.78 bits per heavy atom. The van der Waals surface area contributed by atoms with Gasteiger partial charge in [0.1, 0.15) is 0 Å². The third-order valence-corrected chi connectivity index (χ3v) is 3.84. The summed E-state index contributed by atoms with van der Waals surface area (Å²) in [5, 5.41) is 3.46. The van der Waals surface area contributed by atoms with Gasteiger partial charge in [-0.3, -0.25) is 4.99 Å². The highest BCUT2D eigenvalue weighted by Gasteiger charge is 2.00. The molecule has 0 aromatic heterocycles. The first-order chi connectivity index (χ1) is 11.1. The Hall–Kier alpha value is -2.19. The van der Waals surface area contributed by atoms with Gasteiger partial charge in [-0.05, 0) is 38.8 Å². The SMILES string of the molecule is C/C=C(/CNCc1ccc(C)cc1)N=C(C)c1cccc(C)c1. The van der Waals surface area contributed by atoms with E-state index in [1.165, 1.54) is 22.3 Å². The van der Waals surface area contributed by atoms with E-state index in [-0.39, 0.29) is 0 Å². The molecular formula is C21H26N2. The highest BCUT2D eigenvalue weighted by Crippen LogP contribution is 2.08. The maximum atomic E-state index is 4.77. The number of hydrogen-bond acceptors (Lipinski definition) is 2. The van der Waals surface area contributed by atoms with Crippen molar-refractivity contribution in [3.8, 4) is 0 Å². The van der Waals surface area contributed by atoms with Crippen molar-refractivity contribution in [3.63, 3.8) is 0 Å². The fourth-order valence-corrected chi connectivity index (χ4v) is 2.40. The standard InChI is InChI=1S/C21H26N2/c1-5-21(15-22-14-19-11-9-16(2)10-12-19)23-18(4)20-8-6-7-17(3)13-20/h5-13,22H,14-15H2,1-4H3/b21-5-,23-18?. The van der Waals surface area contributed by atoms with Crippen LogP contribution < -0.4 is 5.32 Å². The van der Waals surface area contributed by atoms with Crippen LogP contribution in [0.25, 0.3) is 0 Å². The highest BCUT2D eigenvalue weighted by atomic mass is 14.9. The van der Waals surface area contributed by atoms with Crippen LogP contribution >= 0.6 is 0 Å². The molecule has 2 aromatic rings. The lowest BCUT2D eigenvalue weighted by atomic mass is 10.1. The van der Waals surface area contributed by atoms with E-state index in [0.717, 1.165) is 24.5 Å². The van der Waals surface area contributed by atoms with Gasteiger partial charge in [0.2, 0.25) is 0 Å². The van der Waals surface area contributed by atoms with Crippen LogP contribution in [0.4, 0.5) is 0 Å². The lowest BCUT2D eigenvalue weighted by Gasteiger charge is -2.08. The van der Waals surface area contributed by atoms with Gasteiger partial charge in [-0.1, -0.05) is 65.7 Å². The zero-order valence-electron chi connectivity index (χ0n) is 14.6. The molecule has 0 heterocycles. The van der Waals surface area contributed by atoms with Gasteiger partial charge in [-0.25, -0.2) is 0 Å². The lowest BCUT2D eigenvalue weighted by molar-refractivity contribution is 0.734. The Bertz CT molecular complexity index is 694. The summed E-state index contributed by atoms with van der Waals surface area (Å²) in [4.78, 5) is 4.77. The van der Waals surface area contributed by atoms with Crippen LogP contribution in [-0.2, 0) is 6.54 Å². The predicted octanol–water partition coefficient (Wildman–Crippen LogP) is 4.81. The number of benzene rings is 2. The highest BCUT2D eigenvalue weighted by molar-refractivity contribution is 5.99. The topological polar surface area (TPSA) is 24.4 Å². The van der Waals surface area contributed by atoms with Crippen molar-refractivity contribution in [3.05, 3.63) is 82.6 Å². The summed E-state index contributed by atoms with van der Waals surface area (Å²) < 4.78 is 0. The molecule has 120 valence electrons. The molecule has 23 heavy (non-hydrogen) atoms. The van der Waals surface area contributed by atoms with Gasteiger partial charge in [0.05, 0.1) is 5.70 Å².